The number of nitrogens with zero attached hydrogens (tertiary/aromatic N) is 3. The molecule has 9 heteroatoms. The van der Waals surface area contributed by atoms with Crippen molar-refractivity contribution >= 4 is 17.5 Å². The summed E-state index contributed by atoms with van der Waals surface area (Å²) < 4.78 is 18.4. The number of nitrogens with one attached hydrogen (secondary N) is 1. The van der Waals surface area contributed by atoms with Crippen LogP contribution in [0.4, 0.5) is 10.1 Å². The van der Waals surface area contributed by atoms with Crippen molar-refractivity contribution in [3.05, 3.63) is 81.1 Å². The minimum absolute atomic E-state index is 0.0797. The van der Waals surface area contributed by atoms with Crippen LogP contribution in [-0.4, -0.2) is 28.8 Å². The topological polar surface area (TPSA) is 107 Å². The summed E-state index contributed by atoms with van der Waals surface area (Å²) in [5.41, 5.74) is 0.625. The highest BCUT2D eigenvalue weighted by Gasteiger charge is 2.34. The number of benzene rings is 1. The Bertz CT molecular complexity index is 973. The third-order valence-electron chi connectivity index (χ3n) is 4.04. The molecule has 0 radical (unpaired) electrons. The molecule has 138 valence electrons. The van der Waals surface area contributed by atoms with Crippen molar-refractivity contribution < 1.29 is 18.8 Å². The van der Waals surface area contributed by atoms with Gasteiger partial charge in [0, 0.05) is 11.9 Å². The van der Waals surface area contributed by atoms with Gasteiger partial charge in [-0.1, -0.05) is 6.07 Å². The molecule has 2 heterocycles. The minimum atomic E-state index is -1.04. The van der Waals surface area contributed by atoms with Crippen LogP contribution in [0.5, 0.6) is 0 Å². The van der Waals surface area contributed by atoms with E-state index in [0.29, 0.717) is 17.2 Å². The molecule has 0 aliphatic carbocycles. The Hall–Kier alpha value is -3.62. The van der Waals surface area contributed by atoms with Crippen LogP contribution in [0.25, 0.3) is 0 Å². The maximum absolute atomic E-state index is 13.5. The van der Waals surface area contributed by atoms with Crippen molar-refractivity contribution in [1.82, 2.24) is 10.3 Å². The van der Waals surface area contributed by atoms with Crippen molar-refractivity contribution in [2.75, 3.05) is 7.11 Å². The average Bonchev–Trinajstić information content (AvgIpc) is 2.67. The summed E-state index contributed by atoms with van der Waals surface area (Å²) in [5.74, 6) is -1.11. The molecule has 3 rings (SSSR count). The number of amidine groups is 1. The molecule has 1 N–H and O–H groups in total. The predicted octanol–water partition coefficient (Wildman–Crippen LogP) is 2.67. The van der Waals surface area contributed by atoms with Crippen LogP contribution in [0.2, 0.25) is 0 Å². The number of aliphatic imine (C=N–C) groups is 1. The van der Waals surface area contributed by atoms with Crippen LogP contribution in [0, 0.1) is 15.9 Å². The van der Waals surface area contributed by atoms with E-state index >= 15 is 0 Å². The number of carbonyl (C=O) groups excluding carboxylic acids is 1. The lowest BCUT2D eigenvalue weighted by molar-refractivity contribution is -0.385. The molecule has 0 fully saturated rings. The fraction of sp³-hybridized carbons (Fsp3) is 0.167. The SMILES string of the molecule is COC(=O)C1=C(C)NC(c2ccccn2)=NC1c1ccc(F)cc1[N+](=O)[O-]. The number of halogens is 1. The Morgan fingerprint density at radius 1 is 1.33 bits per heavy atom. The van der Waals surface area contributed by atoms with Gasteiger partial charge < -0.3 is 10.1 Å². The van der Waals surface area contributed by atoms with E-state index in [9.17, 15) is 19.3 Å². The predicted molar refractivity (Wildman–Crippen MR) is 94.4 cm³/mol. The molecule has 0 saturated heterocycles. The number of nitro groups is 1. The van der Waals surface area contributed by atoms with E-state index in [1.165, 1.54) is 13.2 Å². The number of aromatic nitrogens is 1. The molecule has 1 aromatic carbocycles. The Morgan fingerprint density at radius 3 is 2.74 bits per heavy atom. The van der Waals surface area contributed by atoms with Crippen molar-refractivity contribution in [2.45, 2.75) is 13.0 Å². The largest absolute Gasteiger partial charge is 0.466 e. The number of rotatable bonds is 4. The van der Waals surface area contributed by atoms with Gasteiger partial charge in [0.05, 0.1) is 29.2 Å². The molecule has 1 atom stereocenters. The van der Waals surface area contributed by atoms with Gasteiger partial charge in [-0.2, -0.15) is 0 Å². The van der Waals surface area contributed by atoms with Gasteiger partial charge in [0.1, 0.15) is 17.6 Å². The highest BCUT2D eigenvalue weighted by Crippen LogP contribution is 2.37. The smallest absolute Gasteiger partial charge is 0.338 e. The van der Waals surface area contributed by atoms with E-state index < -0.39 is 28.4 Å². The summed E-state index contributed by atoms with van der Waals surface area (Å²) in [6, 6.07) is 7.30. The number of hydrogen-bond acceptors (Lipinski definition) is 7. The zero-order valence-electron chi connectivity index (χ0n) is 14.5. The number of esters is 1. The van der Waals surface area contributed by atoms with Gasteiger partial charge in [0.2, 0.25) is 0 Å². The number of carbonyl (C=O) groups is 1. The van der Waals surface area contributed by atoms with Gasteiger partial charge in [-0.25, -0.2) is 9.18 Å². The molecular formula is C18H15FN4O4. The molecule has 0 spiro atoms. The van der Waals surface area contributed by atoms with Crippen LogP contribution in [0.15, 0.2) is 58.9 Å². The van der Waals surface area contributed by atoms with Crippen LogP contribution in [0.1, 0.15) is 24.2 Å². The number of hydrogen-bond donors (Lipinski definition) is 1. The molecule has 1 unspecified atom stereocenters. The second-order valence-electron chi connectivity index (χ2n) is 5.71. The third kappa shape index (κ3) is 3.52. The van der Waals surface area contributed by atoms with E-state index in [0.717, 1.165) is 12.1 Å². The molecule has 1 aliphatic rings. The summed E-state index contributed by atoms with van der Waals surface area (Å²) in [4.78, 5) is 31.7. The fourth-order valence-corrected chi connectivity index (χ4v) is 2.81. The lowest BCUT2D eigenvalue weighted by Crippen LogP contribution is -2.33. The molecular weight excluding hydrogens is 355 g/mol. The summed E-state index contributed by atoms with van der Waals surface area (Å²) in [6.07, 6.45) is 1.57. The molecule has 2 aromatic rings. The van der Waals surface area contributed by atoms with Crippen LogP contribution >= 0.6 is 0 Å². The van der Waals surface area contributed by atoms with Gasteiger partial charge in [-0.05, 0) is 31.2 Å². The van der Waals surface area contributed by atoms with Gasteiger partial charge in [-0.3, -0.25) is 20.1 Å². The van der Waals surface area contributed by atoms with E-state index in [2.05, 4.69) is 15.3 Å². The zero-order chi connectivity index (χ0) is 19.6. The number of ether oxygens (including phenoxy) is 1. The standard InChI is InChI=1S/C18H15FN4O4/c1-10-15(18(24)27-2)16(12-7-6-11(19)9-14(12)23(25)26)22-17(21-10)13-5-3-4-8-20-13/h3-9,16H,1-2H3,(H,21,22). The van der Waals surface area contributed by atoms with Crippen molar-refractivity contribution in [1.29, 1.82) is 0 Å². The zero-order valence-corrected chi connectivity index (χ0v) is 14.5. The quantitative estimate of drug-likeness (QED) is 0.504. The maximum atomic E-state index is 13.5. The lowest BCUT2D eigenvalue weighted by atomic mass is 9.94. The highest BCUT2D eigenvalue weighted by atomic mass is 19.1. The van der Waals surface area contributed by atoms with E-state index in [-0.39, 0.29) is 11.1 Å². The molecule has 0 amide bonds. The molecule has 0 bridgehead atoms. The Kier molecular flexibility index (Phi) is 4.93. The average molecular weight is 370 g/mol. The summed E-state index contributed by atoms with van der Waals surface area (Å²) in [5, 5.41) is 14.4. The van der Waals surface area contributed by atoms with E-state index in [1.54, 1.807) is 31.3 Å². The monoisotopic (exact) mass is 370 g/mol. The van der Waals surface area contributed by atoms with Gasteiger partial charge in [0.15, 0.2) is 5.84 Å². The van der Waals surface area contributed by atoms with Crippen molar-refractivity contribution in [3.63, 3.8) is 0 Å². The van der Waals surface area contributed by atoms with Gasteiger partial charge >= 0.3 is 5.97 Å². The minimum Gasteiger partial charge on any atom is -0.466 e. The summed E-state index contributed by atoms with van der Waals surface area (Å²) in [7, 11) is 1.21. The second kappa shape index (κ2) is 7.32. The first-order chi connectivity index (χ1) is 12.9. The fourth-order valence-electron chi connectivity index (χ4n) is 2.81. The first-order valence-electron chi connectivity index (χ1n) is 7.91. The maximum Gasteiger partial charge on any atom is 0.338 e. The van der Waals surface area contributed by atoms with Crippen LogP contribution < -0.4 is 5.32 Å². The number of methoxy groups -OCH3 is 1. The summed E-state index contributed by atoms with van der Waals surface area (Å²) in [6.45, 7) is 1.63. The third-order valence-corrected chi connectivity index (χ3v) is 4.04. The van der Waals surface area contributed by atoms with E-state index in [4.69, 9.17) is 4.74 Å². The second-order valence-corrected chi connectivity index (χ2v) is 5.71. The normalized spacial score (nSPS) is 16.4. The number of allylic oxidation sites excluding steroid dienone is 1. The number of pyridine rings is 1. The van der Waals surface area contributed by atoms with E-state index in [1.807, 2.05) is 0 Å². The lowest BCUT2D eigenvalue weighted by Gasteiger charge is -2.25. The molecule has 27 heavy (non-hydrogen) atoms. The van der Waals surface area contributed by atoms with Crippen LogP contribution in [0.3, 0.4) is 0 Å². The number of nitro benzene ring substituents is 1. The first-order valence-corrected chi connectivity index (χ1v) is 7.91. The van der Waals surface area contributed by atoms with Gasteiger partial charge in [0.25, 0.3) is 5.69 Å². The van der Waals surface area contributed by atoms with Crippen molar-refractivity contribution in [2.24, 2.45) is 4.99 Å². The van der Waals surface area contributed by atoms with Gasteiger partial charge in [-0.15, -0.1) is 0 Å². The molecule has 0 saturated carbocycles. The van der Waals surface area contributed by atoms with Crippen molar-refractivity contribution in [3.8, 4) is 0 Å². The Labute approximate surface area is 153 Å². The van der Waals surface area contributed by atoms with Crippen LogP contribution in [-0.2, 0) is 9.53 Å². The molecule has 1 aliphatic heterocycles. The Morgan fingerprint density at radius 2 is 2.11 bits per heavy atom. The molecule has 8 nitrogen and oxygen atoms in total. The Balaban J connectivity index is 2.21. The summed E-state index contributed by atoms with van der Waals surface area (Å²) >= 11 is 0. The molecule has 1 aromatic heterocycles. The first kappa shape index (κ1) is 18.2. The highest BCUT2D eigenvalue weighted by molar-refractivity contribution is 6.02.